The Balaban J connectivity index is 1.33. The van der Waals surface area contributed by atoms with Crippen molar-refractivity contribution in [1.29, 1.82) is 0 Å². The fraction of sp³-hybridized carbons (Fsp3) is 0.269. The molecular weight excluding hydrogens is 499 g/mol. The second-order valence-electron chi connectivity index (χ2n) is 8.91. The first-order valence-electron chi connectivity index (χ1n) is 11.9. The largest absolute Gasteiger partial charge is 0.416 e. The highest BCUT2D eigenvalue weighted by Gasteiger charge is 2.31. The van der Waals surface area contributed by atoms with Gasteiger partial charge in [0, 0.05) is 42.9 Å². The maximum atomic E-state index is 13.0. The Bertz CT molecular complexity index is 1450. The molecule has 3 aromatic heterocycles. The third-order valence-corrected chi connectivity index (χ3v) is 6.13. The van der Waals surface area contributed by atoms with Gasteiger partial charge >= 0.3 is 6.18 Å². The Kier molecular flexibility index (Phi) is 7.05. The smallest absolute Gasteiger partial charge is 0.381 e. The van der Waals surface area contributed by atoms with Crippen molar-refractivity contribution in [3.63, 3.8) is 0 Å². The number of aromatic nitrogens is 5. The average Bonchev–Trinajstić information content (AvgIpc) is 3.60. The van der Waals surface area contributed by atoms with E-state index in [-0.39, 0.29) is 17.5 Å². The number of hydrogen-bond acceptors (Lipinski definition) is 7. The van der Waals surface area contributed by atoms with E-state index < -0.39 is 17.6 Å². The van der Waals surface area contributed by atoms with Crippen LogP contribution in [-0.4, -0.2) is 50.1 Å². The lowest BCUT2D eigenvalue weighted by atomic mass is 10.1. The normalized spacial score (nSPS) is 15.4. The Labute approximate surface area is 216 Å². The van der Waals surface area contributed by atoms with E-state index in [4.69, 9.17) is 4.74 Å². The summed E-state index contributed by atoms with van der Waals surface area (Å²) >= 11 is 0. The highest BCUT2D eigenvalue weighted by atomic mass is 19.4. The third kappa shape index (κ3) is 5.80. The summed E-state index contributed by atoms with van der Waals surface area (Å²) in [6.07, 6.45) is 3.88. The van der Waals surface area contributed by atoms with Crippen molar-refractivity contribution in [2.45, 2.75) is 32.0 Å². The van der Waals surface area contributed by atoms with Gasteiger partial charge in [-0.3, -0.25) is 9.78 Å². The van der Waals surface area contributed by atoms with Gasteiger partial charge in [0.15, 0.2) is 0 Å². The quantitative estimate of drug-likeness (QED) is 0.355. The van der Waals surface area contributed by atoms with E-state index in [1.165, 1.54) is 4.68 Å². The number of hydrogen-bond donors (Lipinski definition) is 2. The number of amides is 1. The average molecular weight is 524 g/mol. The minimum atomic E-state index is -4.54. The fourth-order valence-corrected chi connectivity index (χ4v) is 4.09. The third-order valence-electron chi connectivity index (χ3n) is 6.13. The van der Waals surface area contributed by atoms with Crippen LogP contribution in [0.4, 0.5) is 24.7 Å². The van der Waals surface area contributed by atoms with Crippen molar-refractivity contribution in [3.8, 4) is 16.9 Å². The van der Waals surface area contributed by atoms with E-state index in [1.54, 1.807) is 36.8 Å². The second-order valence-corrected chi connectivity index (χ2v) is 8.91. The van der Waals surface area contributed by atoms with Crippen LogP contribution >= 0.6 is 0 Å². The van der Waals surface area contributed by atoms with Gasteiger partial charge < -0.3 is 15.4 Å². The zero-order chi connectivity index (χ0) is 26.7. The van der Waals surface area contributed by atoms with Crippen LogP contribution in [0.1, 0.15) is 34.3 Å². The number of rotatable bonds is 7. The molecule has 4 aromatic rings. The molecule has 4 heterocycles. The number of anilines is 2. The van der Waals surface area contributed by atoms with Crippen molar-refractivity contribution < 1.29 is 22.7 Å². The molecule has 38 heavy (non-hydrogen) atoms. The van der Waals surface area contributed by atoms with Crippen molar-refractivity contribution >= 4 is 17.4 Å². The summed E-state index contributed by atoms with van der Waals surface area (Å²) in [4.78, 5) is 20.9. The van der Waals surface area contributed by atoms with Gasteiger partial charge in [0.25, 0.3) is 5.91 Å². The second kappa shape index (κ2) is 10.6. The van der Waals surface area contributed by atoms with Crippen molar-refractivity contribution in [3.05, 3.63) is 77.9 Å². The number of alkyl halides is 3. The lowest BCUT2D eigenvalue weighted by molar-refractivity contribution is -0.137. The Morgan fingerprint density at radius 1 is 1.18 bits per heavy atom. The molecule has 0 bridgehead atoms. The summed E-state index contributed by atoms with van der Waals surface area (Å²) in [6.45, 7) is 3.34. The van der Waals surface area contributed by atoms with Gasteiger partial charge in [-0.1, -0.05) is 11.3 Å². The molecule has 9 nitrogen and oxygen atoms in total. The van der Waals surface area contributed by atoms with E-state index in [0.717, 1.165) is 54.6 Å². The first kappa shape index (κ1) is 25.3. The molecule has 2 N–H and O–H groups in total. The lowest BCUT2D eigenvalue weighted by Crippen LogP contribution is -2.18. The van der Waals surface area contributed by atoms with Crippen LogP contribution in [0.5, 0.6) is 0 Å². The Hall–Kier alpha value is -4.32. The molecule has 1 saturated heterocycles. The molecule has 1 aliphatic heterocycles. The van der Waals surface area contributed by atoms with Gasteiger partial charge in [-0.25, -0.2) is 9.67 Å². The topological polar surface area (TPSA) is 107 Å². The maximum Gasteiger partial charge on any atom is 0.416 e. The number of carbonyl (C=O) groups is 1. The number of carbonyl (C=O) groups excluding carboxylic acids is 1. The highest BCUT2D eigenvalue weighted by Crippen LogP contribution is 2.30. The molecule has 1 aromatic carbocycles. The van der Waals surface area contributed by atoms with Gasteiger partial charge in [0.05, 0.1) is 29.2 Å². The molecule has 1 amide bonds. The van der Waals surface area contributed by atoms with Crippen LogP contribution in [0.15, 0.2) is 61.2 Å². The number of pyridine rings is 2. The predicted molar refractivity (Wildman–Crippen MR) is 134 cm³/mol. The summed E-state index contributed by atoms with van der Waals surface area (Å²) in [5.74, 6) is -0.803. The highest BCUT2D eigenvalue weighted by molar-refractivity contribution is 6.04. The summed E-state index contributed by atoms with van der Waals surface area (Å²) in [5.41, 5.74) is 2.92. The first-order chi connectivity index (χ1) is 18.3. The predicted octanol–water partition coefficient (Wildman–Crippen LogP) is 4.89. The summed E-state index contributed by atoms with van der Waals surface area (Å²) in [7, 11) is 0. The number of nitrogens with zero attached hydrogens (tertiary/aromatic N) is 5. The Morgan fingerprint density at radius 2 is 2.05 bits per heavy atom. The minimum Gasteiger partial charge on any atom is -0.381 e. The van der Waals surface area contributed by atoms with Gasteiger partial charge in [-0.15, -0.1) is 5.10 Å². The fourth-order valence-electron chi connectivity index (χ4n) is 4.09. The standard InChI is InChI=1S/C26H24F3N7O2/c1-16-4-5-17(25(37)33-24-11-19(6-7-31-24)26(27,28)29)10-23(16)36-15-22(34-35-36)18-9-20(13-30-12-18)32-14-21-3-2-8-38-21/h4-7,9-13,15,21,32H,2-3,8,14H2,1H3,(H,31,33,37). The molecular formula is C26H24F3N7O2. The molecule has 0 saturated carbocycles. The van der Waals surface area contributed by atoms with E-state index in [9.17, 15) is 18.0 Å². The Morgan fingerprint density at radius 3 is 2.84 bits per heavy atom. The van der Waals surface area contributed by atoms with Crippen molar-refractivity contribution in [2.75, 3.05) is 23.8 Å². The minimum absolute atomic E-state index is 0.191. The number of aryl methyl sites for hydroxylation is 1. The van der Waals surface area contributed by atoms with Gasteiger partial charge in [-0.2, -0.15) is 13.2 Å². The zero-order valence-corrected chi connectivity index (χ0v) is 20.4. The molecule has 0 spiro atoms. The molecule has 12 heteroatoms. The molecule has 0 aliphatic carbocycles. The van der Waals surface area contributed by atoms with E-state index in [1.807, 2.05) is 13.0 Å². The SMILES string of the molecule is Cc1ccc(C(=O)Nc2cc(C(F)(F)F)ccn2)cc1-n1cc(-c2cncc(NCC3CCCO3)c2)nn1. The van der Waals surface area contributed by atoms with E-state index in [2.05, 4.69) is 30.9 Å². The molecule has 1 aliphatic rings. The number of nitrogens with one attached hydrogen (secondary N) is 2. The monoisotopic (exact) mass is 523 g/mol. The number of benzene rings is 1. The number of halogens is 3. The van der Waals surface area contributed by atoms with Gasteiger partial charge in [0.1, 0.15) is 11.5 Å². The molecule has 0 radical (unpaired) electrons. The van der Waals surface area contributed by atoms with E-state index in [0.29, 0.717) is 17.9 Å². The molecule has 196 valence electrons. The summed E-state index contributed by atoms with van der Waals surface area (Å²) < 4.78 is 46.2. The molecule has 5 rings (SSSR count). The maximum absolute atomic E-state index is 13.0. The molecule has 1 fully saturated rings. The first-order valence-corrected chi connectivity index (χ1v) is 11.9. The van der Waals surface area contributed by atoms with Crippen LogP contribution in [0.25, 0.3) is 16.9 Å². The molecule has 1 unspecified atom stereocenters. The van der Waals surface area contributed by atoms with Gasteiger partial charge in [0.2, 0.25) is 0 Å². The van der Waals surface area contributed by atoms with Crippen molar-refractivity contribution in [1.82, 2.24) is 25.0 Å². The summed E-state index contributed by atoms with van der Waals surface area (Å²) in [6, 6.07) is 8.44. The molecule has 1 atom stereocenters. The number of ether oxygens (including phenoxy) is 1. The lowest BCUT2D eigenvalue weighted by Gasteiger charge is -2.12. The van der Waals surface area contributed by atoms with Crippen LogP contribution in [0.2, 0.25) is 0 Å². The van der Waals surface area contributed by atoms with Crippen LogP contribution < -0.4 is 10.6 Å². The summed E-state index contributed by atoms with van der Waals surface area (Å²) in [5, 5.41) is 14.2. The van der Waals surface area contributed by atoms with Crippen LogP contribution in [-0.2, 0) is 10.9 Å². The van der Waals surface area contributed by atoms with E-state index >= 15 is 0 Å². The van der Waals surface area contributed by atoms with Gasteiger partial charge in [-0.05, 0) is 55.7 Å². The zero-order valence-electron chi connectivity index (χ0n) is 20.4. The van der Waals surface area contributed by atoms with Crippen LogP contribution in [0.3, 0.4) is 0 Å². The van der Waals surface area contributed by atoms with Crippen LogP contribution in [0, 0.1) is 6.92 Å². The van der Waals surface area contributed by atoms with Crippen molar-refractivity contribution in [2.24, 2.45) is 0 Å².